The van der Waals surface area contributed by atoms with Crippen molar-refractivity contribution in [3.8, 4) is 5.75 Å². The minimum absolute atomic E-state index is 0.0652. The van der Waals surface area contributed by atoms with Crippen LogP contribution in [0, 0.1) is 5.82 Å². The topological polar surface area (TPSA) is 106 Å². The average Bonchev–Trinajstić information content (AvgIpc) is 2.87. The van der Waals surface area contributed by atoms with Crippen LogP contribution in [0.25, 0.3) is 0 Å². The smallest absolute Gasteiger partial charge is 0.358 e. The number of nitrogens with zero attached hydrogens (tertiary/aromatic N) is 3. The molecular weight excluding hydrogens is 283 g/mol. The van der Waals surface area contributed by atoms with Crippen molar-refractivity contribution < 1.29 is 23.8 Å². The van der Waals surface area contributed by atoms with Gasteiger partial charge >= 0.3 is 5.97 Å². The standard InChI is InChI=1S/C12H11FN4O4/c1-21-10-3-2-7(4-8(10)13)14-11(18)6-17-5-9(12(19)20)15-16-17/h2-5H,6H2,1H3,(H,14,18)(H,19,20). The zero-order valence-electron chi connectivity index (χ0n) is 10.9. The van der Waals surface area contributed by atoms with Gasteiger partial charge in [-0.1, -0.05) is 5.21 Å². The number of aromatic nitrogens is 3. The summed E-state index contributed by atoms with van der Waals surface area (Å²) in [6.07, 6.45) is 1.12. The Morgan fingerprint density at radius 2 is 2.24 bits per heavy atom. The lowest BCUT2D eigenvalue weighted by molar-refractivity contribution is -0.116. The van der Waals surface area contributed by atoms with E-state index in [9.17, 15) is 14.0 Å². The molecule has 0 bridgehead atoms. The van der Waals surface area contributed by atoms with Crippen LogP contribution < -0.4 is 10.1 Å². The number of halogens is 1. The molecule has 1 amide bonds. The number of carbonyl (C=O) groups is 2. The summed E-state index contributed by atoms with van der Waals surface area (Å²) < 4.78 is 19.3. The van der Waals surface area contributed by atoms with Gasteiger partial charge in [-0.2, -0.15) is 0 Å². The third kappa shape index (κ3) is 3.53. The number of carboxylic acid groups (broad SMARTS) is 1. The number of rotatable bonds is 5. The van der Waals surface area contributed by atoms with E-state index in [0.29, 0.717) is 0 Å². The Morgan fingerprint density at radius 3 is 2.81 bits per heavy atom. The SMILES string of the molecule is COc1ccc(NC(=O)Cn2cc(C(=O)O)nn2)cc1F. The van der Waals surface area contributed by atoms with Crippen LogP contribution in [-0.2, 0) is 11.3 Å². The van der Waals surface area contributed by atoms with E-state index in [1.807, 2.05) is 0 Å². The van der Waals surface area contributed by atoms with Gasteiger partial charge in [0.15, 0.2) is 17.3 Å². The minimum atomic E-state index is -1.24. The van der Waals surface area contributed by atoms with Crippen molar-refractivity contribution in [2.45, 2.75) is 6.54 Å². The molecule has 2 rings (SSSR count). The maximum Gasteiger partial charge on any atom is 0.358 e. The fourth-order valence-corrected chi connectivity index (χ4v) is 1.57. The number of carboxylic acids is 1. The fraction of sp³-hybridized carbons (Fsp3) is 0.167. The van der Waals surface area contributed by atoms with Crippen molar-refractivity contribution in [3.05, 3.63) is 35.9 Å². The number of nitrogens with one attached hydrogen (secondary N) is 1. The Bertz CT molecular complexity index is 686. The third-order valence-electron chi connectivity index (χ3n) is 2.50. The summed E-state index contributed by atoms with van der Waals surface area (Å²) in [5.74, 6) is -2.28. The van der Waals surface area contributed by atoms with E-state index >= 15 is 0 Å². The largest absolute Gasteiger partial charge is 0.494 e. The van der Waals surface area contributed by atoms with Gasteiger partial charge in [-0.15, -0.1) is 5.10 Å². The molecule has 0 saturated carbocycles. The van der Waals surface area contributed by atoms with Gasteiger partial charge in [0.05, 0.1) is 13.3 Å². The predicted octanol–water partition coefficient (Wildman–Crippen LogP) is 0.763. The number of ether oxygens (including phenoxy) is 1. The van der Waals surface area contributed by atoms with Gasteiger partial charge in [0.1, 0.15) is 6.54 Å². The van der Waals surface area contributed by atoms with Gasteiger partial charge in [0, 0.05) is 11.8 Å². The van der Waals surface area contributed by atoms with Gasteiger partial charge < -0.3 is 15.2 Å². The summed E-state index contributed by atoms with van der Waals surface area (Å²) in [4.78, 5) is 22.3. The van der Waals surface area contributed by atoms with E-state index < -0.39 is 17.7 Å². The molecule has 1 heterocycles. The van der Waals surface area contributed by atoms with Crippen molar-refractivity contribution in [3.63, 3.8) is 0 Å². The summed E-state index contributed by atoms with van der Waals surface area (Å²) in [7, 11) is 1.33. The van der Waals surface area contributed by atoms with Crippen LogP contribution in [0.1, 0.15) is 10.5 Å². The lowest BCUT2D eigenvalue weighted by Gasteiger charge is -2.07. The van der Waals surface area contributed by atoms with Crippen LogP contribution in [0.4, 0.5) is 10.1 Å². The van der Waals surface area contributed by atoms with Crippen LogP contribution >= 0.6 is 0 Å². The van der Waals surface area contributed by atoms with E-state index in [1.54, 1.807) is 0 Å². The van der Waals surface area contributed by atoms with Gasteiger partial charge in [-0.05, 0) is 12.1 Å². The van der Waals surface area contributed by atoms with Crippen LogP contribution in [0.3, 0.4) is 0 Å². The molecule has 0 aliphatic heterocycles. The quantitative estimate of drug-likeness (QED) is 0.843. The molecule has 1 aromatic carbocycles. The van der Waals surface area contributed by atoms with Crippen LogP contribution in [0.5, 0.6) is 5.75 Å². The number of aromatic carboxylic acids is 1. The number of hydrogen-bond acceptors (Lipinski definition) is 5. The summed E-state index contributed by atoms with van der Waals surface area (Å²) in [5.41, 5.74) is -0.0184. The molecule has 110 valence electrons. The first kappa shape index (κ1) is 14.4. The summed E-state index contributed by atoms with van der Waals surface area (Å²) >= 11 is 0. The number of carbonyl (C=O) groups excluding carboxylic acids is 1. The predicted molar refractivity (Wildman–Crippen MR) is 68.6 cm³/mol. The monoisotopic (exact) mass is 294 g/mol. The van der Waals surface area contributed by atoms with Gasteiger partial charge in [0.2, 0.25) is 5.91 Å². The number of anilines is 1. The van der Waals surface area contributed by atoms with E-state index in [-0.39, 0.29) is 23.7 Å². The third-order valence-corrected chi connectivity index (χ3v) is 2.50. The van der Waals surface area contributed by atoms with Crippen LogP contribution in [0.15, 0.2) is 24.4 Å². The second kappa shape index (κ2) is 5.99. The zero-order valence-corrected chi connectivity index (χ0v) is 10.9. The first-order valence-corrected chi connectivity index (χ1v) is 5.76. The second-order valence-corrected chi connectivity index (χ2v) is 4.00. The lowest BCUT2D eigenvalue weighted by Crippen LogP contribution is -2.19. The van der Waals surface area contributed by atoms with Crippen molar-refractivity contribution in [2.24, 2.45) is 0 Å². The molecule has 0 unspecified atom stereocenters. The molecule has 0 aliphatic carbocycles. The lowest BCUT2D eigenvalue weighted by atomic mass is 10.3. The second-order valence-electron chi connectivity index (χ2n) is 4.00. The highest BCUT2D eigenvalue weighted by Gasteiger charge is 2.11. The average molecular weight is 294 g/mol. The Hall–Kier alpha value is -2.97. The van der Waals surface area contributed by atoms with Gasteiger partial charge in [-0.25, -0.2) is 13.9 Å². The maximum absolute atomic E-state index is 13.5. The molecule has 0 atom stereocenters. The highest BCUT2D eigenvalue weighted by Crippen LogP contribution is 2.20. The molecule has 0 fully saturated rings. The molecule has 0 spiro atoms. The van der Waals surface area contributed by atoms with E-state index in [0.717, 1.165) is 16.9 Å². The number of methoxy groups -OCH3 is 1. The fourth-order valence-electron chi connectivity index (χ4n) is 1.57. The van der Waals surface area contributed by atoms with Gasteiger partial charge in [0.25, 0.3) is 0 Å². The van der Waals surface area contributed by atoms with Crippen molar-refractivity contribution >= 4 is 17.6 Å². The molecule has 0 aliphatic rings. The zero-order chi connectivity index (χ0) is 15.4. The summed E-state index contributed by atoms with van der Waals surface area (Å²) in [5, 5.41) is 18.0. The molecular formula is C12H11FN4O4. The first-order chi connectivity index (χ1) is 9.99. The van der Waals surface area contributed by atoms with Crippen molar-refractivity contribution in [1.29, 1.82) is 0 Å². The van der Waals surface area contributed by atoms with E-state index in [1.165, 1.54) is 19.2 Å². The highest BCUT2D eigenvalue weighted by molar-refractivity contribution is 5.90. The van der Waals surface area contributed by atoms with Crippen LogP contribution in [-0.4, -0.2) is 39.1 Å². The number of amides is 1. The Kier molecular flexibility index (Phi) is 4.12. The molecule has 8 nitrogen and oxygen atoms in total. The Morgan fingerprint density at radius 1 is 1.48 bits per heavy atom. The maximum atomic E-state index is 13.5. The summed E-state index contributed by atoms with van der Waals surface area (Å²) in [6, 6.07) is 3.97. The normalized spacial score (nSPS) is 10.2. The highest BCUT2D eigenvalue weighted by atomic mass is 19.1. The Labute approximate surface area is 118 Å². The van der Waals surface area contributed by atoms with Crippen LogP contribution in [0.2, 0.25) is 0 Å². The van der Waals surface area contributed by atoms with Crippen molar-refractivity contribution in [2.75, 3.05) is 12.4 Å². The number of hydrogen-bond donors (Lipinski definition) is 2. The van der Waals surface area contributed by atoms with Gasteiger partial charge in [-0.3, -0.25) is 4.79 Å². The van der Waals surface area contributed by atoms with E-state index in [2.05, 4.69) is 15.6 Å². The summed E-state index contributed by atoms with van der Waals surface area (Å²) in [6.45, 7) is -0.242. The Balaban J connectivity index is 2.01. The minimum Gasteiger partial charge on any atom is -0.494 e. The molecule has 0 radical (unpaired) electrons. The van der Waals surface area contributed by atoms with Crippen molar-refractivity contribution in [1.82, 2.24) is 15.0 Å². The molecule has 2 N–H and O–H groups in total. The number of benzene rings is 1. The molecule has 0 saturated heterocycles. The molecule has 21 heavy (non-hydrogen) atoms. The molecule has 2 aromatic rings. The first-order valence-electron chi connectivity index (χ1n) is 5.76. The van der Waals surface area contributed by atoms with E-state index in [4.69, 9.17) is 9.84 Å². The molecule has 1 aromatic heterocycles. The molecule has 9 heteroatoms.